The number of likely N-dealkylation sites (N-methyl/N-ethyl adjacent to an activating group) is 1. The van der Waals surface area contributed by atoms with E-state index in [1.807, 2.05) is 0 Å². The van der Waals surface area contributed by atoms with Gasteiger partial charge in [0.15, 0.2) is 4.21 Å². The number of aromatic nitrogens is 1. The number of nitrogens with one attached hydrogen (secondary N) is 2. The highest BCUT2D eigenvalue weighted by Crippen LogP contribution is 2.23. The van der Waals surface area contributed by atoms with Gasteiger partial charge in [-0.15, -0.1) is 0 Å². The second-order valence-corrected chi connectivity index (χ2v) is 7.62. The normalized spacial score (nSPS) is 21.4. The van der Waals surface area contributed by atoms with Crippen LogP contribution in [-0.2, 0) is 10.0 Å². The maximum absolute atomic E-state index is 12.4. The SMILES string of the molecule is Cc1[nH]c(=O)sc1S(=O)(=O)N(C)C1CCCNC1. The van der Waals surface area contributed by atoms with Crippen LogP contribution in [0.3, 0.4) is 0 Å². The minimum absolute atomic E-state index is 0.0413. The van der Waals surface area contributed by atoms with E-state index in [9.17, 15) is 13.2 Å². The standard InChI is InChI=1S/C10H17N3O3S2/c1-7-9(17-10(14)12-7)18(15,16)13(2)8-4-3-5-11-6-8/h8,11H,3-6H2,1-2H3,(H,12,14). The van der Waals surface area contributed by atoms with Crippen LogP contribution in [0.25, 0.3) is 0 Å². The maximum Gasteiger partial charge on any atom is 0.305 e. The average Bonchev–Trinajstić information content (AvgIpc) is 2.69. The van der Waals surface area contributed by atoms with Gasteiger partial charge in [-0.3, -0.25) is 4.79 Å². The number of thiazole rings is 1. The predicted molar refractivity (Wildman–Crippen MR) is 70.5 cm³/mol. The van der Waals surface area contributed by atoms with Crippen LogP contribution >= 0.6 is 11.3 Å². The second-order valence-electron chi connectivity index (χ2n) is 4.45. The molecule has 1 aromatic heterocycles. The van der Waals surface area contributed by atoms with Crippen molar-refractivity contribution in [2.24, 2.45) is 0 Å². The van der Waals surface area contributed by atoms with E-state index < -0.39 is 10.0 Å². The van der Waals surface area contributed by atoms with Gasteiger partial charge in [0.2, 0.25) is 0 Å². The molecule has 0 saturated carbocycles. The summed E-state index contributed by atoms with van der Waals surface area (Å²) in [5.41, 5.74) is 0.417. The van der Waals surface area contributed by atoms with Crippen molar-refractivity contribution < 1.29 is 8.42 Å². The third-order valence-electron chi connectivity index (χ3n) is 3.18. The van der Waals surface area contributed by atoms with E-state index in [0.717, 1.165) is 30.7 Å². The van der Waals surface area contributed by atoms with Crippen LogP contribution in [0, 0.1) is 6.92 Å². The van der Waals surface area contributed by atoms with Crippen LogP contribution in [0.4, 0.5) is 0 Å². The molecule has 1 saturated heterocycles. The fourth-order valence-electron chi connectivity index (χ4n) is 2.11. The molecule has 8 heteroatoms. The molecule has 18 heavy (non-hydrogen) atoms. The molecule has 0 amide bonds. The lowest BCUT2D eigenvalue weighted by Gasteiger charge is -2.30. The molecule has 0 radical (unpaired) electrons. The summed E-state index contributed by atoms with van der Waals surface area (Å²) in [6.45, 7) is 3.20. The summed E-state index contributed by atoms with van der Waals surface area (Å²) in [6, 6.07) is -0.0413. The van der Waals surface area contributed by atoms with Crippen molar-refractivity contribution in [2.75, 3.05) is 20.1 Å². The van der Waals surface area contributed by atoms with Gasteiger partial charge in [0.1, 0.15) is 0 Å². The van der Waals surface area contributed by atoms with Crippen LogP contribution < -0.4 is 10.2 Å². The van der Waals surface area contributed by atoms with Gasteiger partial charge >= 0.3 is 4.87 Å². The molecule has 0 aromatic carbocycles. The maximum atomic E-state index is 12.4. The molecule has 2 N–H and O–H groups in total. The molecule has 1 aliphatic heterocycles. The molecule has 0 aliphatic carbocycles. The Morgan fingerprint density at radius 1 is 1.44 bits per heavy atom. The summed E-state index contributed by atoms with van der Waals surface area (Å²) in [4.78, 5) is 13.4. The van der Waals surface area contributed by atoms with Crippen molar-refractivity contribution >= 4 is 21.4 Å². The van der Waals surface area contributed by atoms with E-state index in [-0.39, 0.29) is 15.1 Å². The number of H-pyrrole nitrogens is 1. The lowest BCUT2D eigenvalue weighted by molar-refractivity contribution is 0.300. The first-order valence-electron chi connectivity index (χ1n) is 5.81. The Morgan fingerprint density at radius 2 is 2.17 bits per heavy atom. The van der Waals surface area contributed by atoms with Gasteiger partial charge in [-0.1, -0.05) is 11.3 Å². The van der Waals surface area contributed by atoms with Gasteiger partial charge in [0.25, 0.3) is 10.0 Å². The molecule has 1 fully saturated rings. The highest BCUT2D eigenvalue weighted by atomic mass is 32.2. The van der Waals surface area contributed by atoms with E-state index in [1.165, 1.54) is 4.31 Å². The Balaban J connectivity index is 2.30. The lowest BCUT2D eigenvalue weighted by Crippen LogP contribution is -2.46. The van der Waals surface area contributed by atoms with Gasteiger partial charge in [-0.05, 0) is 26.3 Å². The minimum Gasteiger partial charge on any atom is -0.315 e. The molecule has 6 nitrogen and oxygen atoms in total. The molecular weight excluding hydrogens is 274 g/mol. The first-order valence-corrected chi connectivity index (χ1v) is 8.07. The monoisotopic (exact) mass is 291 g/mol. The van der Waals surface area contributed by atoms with Gasteiger partial charge in [-0.25, -0.2) is 8.42 Å². The summed E-state index contributed by atoms with van der Waals surface area (Å²) in [5, 5.41) is 3.19. The van der Waals surface area contributed by atoms with Crippen LogP contribution in [0.15, 0.2) is 9.00 Å². The number of rotatable bonds is 3. The number of piperidine rings is 1. The Kier molecular flexibility index (Phi) is 3.90. The van der Waals surface area contributed by atoms with Crippen LogP contribution in [0.1, 0.15) is 18.5 Å². The number of aryl methyl sites for hydroxylation is 1. The molecule has 1 aliphatic rings. The van der Waals surface area contributed by atoms with Crippen molar-refractivity contribution in [3.05, 3.63) is 15.4 Å². The van der Waals surface area contributed by atoms with Crippen molar-refractivity contribution in [1.82, 2.24) is 14.6 Å². The van der Waals surface area contributed by atoms with Crippen molar-refractivity contribution in [1.29, 1.82) is 0 Å². The zero-order valence-electron chi connectivity index (χ0n) is 10.4. The van der Waals surface area contributed by atoms with Gasteiger partial charge in [0, 0.05) is 25.3 Å². The topological polar surface area (TPSA) is 82.3 Å². The van der Waals surface area contributed by atoms with E-state index in [1.54, 1.807) is 14.0 Å². The fraction of sp³-hybridized carbons (Fsp3) is 0.700. The molecule has 0 spiro atoms. The lowest BCUT2D eigenvalue weighted by atomic mass is 10.1. The van der Waals surface area contributed by atoms with E-state index in [4.69, 9.17) is 0 Å². The molecule has 102 valence electrons. The molecule has 2 rings (SSSR count). The number of hydrogen-bond donors (Lipinski definition) is 2. The fourth-order valence-corrected chi connectivity index (χ4v) is 4.96. The Bertz CT molecular complexity index is 569. The average molecular weight is 291 g/mol. The third kappa shape index (κ3) is 2.51. The van der Waals surface area contributed by atoms with Crippen molar-refractivity contribution in [2.45, 2.75) is 30.0 Å². The quantitative estimate of drug-likeness (QED) is 0.828. The smallest absolute Gasteiger partial charge is 0.305 e. The number of sulfonamides is 1. The van der Waals surface area contributed by atoms with E-state index in [2.05, 4.69) is 10.3 Å². The molecule has 1 unspecified atom stereocenters. The predicted octanol–water partition coefficient (Wildman–Crippen LogP) is 0.117. The Hall–Kier alpha value is -0.700. The van der Waals surface area contributed by atoms with Gasteiger partial charge in [0.05, 0.1) is 0 Å². The zero-order chi connectivity index (χ0) is 13.3. The third-order valence-corrected chi connectivity index (χ3v) is 6.67. The summed E-state index contributed by atoms with van der Waals surface area (Å²) in [6.07, 6.45) is 1.81. The summed E-state index contributed by atoms with van der Waals surface area (Å²) in [7, 11) is -1.99. The highest BCUT2D eigenvalue weighted by Gasteiger charge is 2.31. The first-order chi connectivity index (χ1) is 8.43. The van der Waals surface area contributed by atoms with Crippen LogP contribution in [0.5, 0.6) is 0 Å². The minimum atomic E-state index is -3.57. The number of nitrogens with zero attached hydrogens (tertiary/aromatic N) is 1. The molecule has 0 bridgehead atoms. The van der Waals surface area contributed by atoms with E-state index in [0.29, 0.717) is 12.2 Å². The molecular formula is C10H17N3O3S2. The molecule has 1 aromatic rings. The van der Waals surface area contributed by atoms with Gasteiger partial charge < -0.3 is 10.3 Å². The van der Waals surface area contributed by atoms with Gasteiger partial charge in [-0.2, -0.15) is 4.31 Å². The summed E-state index contributed by atoms with van der Waals surface area (Å²) >= 11 is 0.752. The summed E-state index contributed by atoms with van der Waals surface area (Å²) < 4.78 is 26.3. The van der Waals surface area contributed by atoms with Crippen LogP contribution in [-0.4, -0.2) is 43.9 Å². The number of hydrogen-bond acceptors (Lipinski definition) is 5. The van der Waals surface area contributed by atoms with Crippen LogP contribution in [0.2, 0.25) is 0 Å². The number of aromatic amines is 1. The molecule has 2 heterocycles. The first kappa shape index (κ1) is 13.7. The second kappa shape index (κ2) is 5.12. The van der Waals surface area contributed by atoms with E-state index >= 15 is 0 Å². The van der Waals surface area contributed by atoms with Crippen molar-refractivity contribution in [3.8, 4) is 0 Å². The zero-order valence-corrected chi connectivity index (χ0v) is 12.0. The Labute approximate surface area is 110 Å². The van der Waals surface area contributed by atoms with Crippen molar-refractivity contribution in [3.63, 3.8) is 0 Å². The highest BCUT2D eigenvalue weighted by molar-refractivity contribution is 7.91. The largest absolute Gasteiger partial charge is 0.315 e. The summed E-state index contributed by atoms with van der Waals surface area (Å²) in [5.74, 6) is 0. The molecule has 1 atom stereocenters. The Morgan fingerprint density at radius 3 is 2.67 bits per heavy atom.